The third-order valence-electron chi connectivity index (χ3n) is 6.67. The molecule has 4 rings (SSSR count). The third kappa shape index (κ3) is 5.30. The van der Waals surface area contributed by atoms with E-state index in [1.807, 2.05) is 25.1 Å². The molecule has 2 heterocycles. The number of anilines is 2. The minimum Gasteiger partial charge on any atom is -0.366 e. The number of benzene rings is 2. The van der Waals surface area contributed by atoms with Gasteiger partial charge in [0.15, 0.2) is 0 Å². The van der Waals surface area contributed by atoms with Gasteiger partial charge in [-0.3, -0.25) is 19.3 Å². The van der Waals surface area contributed by atoms with Crippen molar-refractivity contribution in [2.75, 3.05) is 23.3 Å². The predicted octanol–water partition coefficient (Wildman–Crippen LogP) is 6.17. The van der Waals surface area contributed by atoms with Crippen molar-refractivity contribution in [3.8, 4) is 0 Å². The lowest BCUT2D eigenvalue weighted by atomic mass is 9.79. The lowest BCUT2D eigenvalue weighted by molar-refractivity contribution is -0.127. The monoisotopic (exact) mass is 491 g/mol. The summed E-state index contributed by atoms with van der Waals surface area (Å²) in [5.74, 6) is -0.445. The minimum atomic E-state index is -0.432. The van der Waals surface area contributed by atoms with Crippen molar-refractivity contribution >= 4 is 46.3 Å². The van der Waals surface area contributed by atoms with Crippen molar-refractivity contribution in [1.29, 1.82) is 0 Å². The van der Waals surface area contributed by atoms with Crippen LogP contribution in [0.2, 0.25) is 0 Å². The second kappa shape index (κ2) is 9.90. The number of amides is 3. The number of fused-ring (bicyclic) bond motifs is 1. The van der Waals surface area contributed by atoms with Crippen molar-refractivity contribution in [2.45, 2.75) is 58.9 Å². The fourth-order valence-corrected chi connectivity index (χ4v) is 5.85. The molecule has 0 bridgehead atoms. The summed E-state index contributed by atoms with van der Waals surface area (Å²) in [6.07, 6.45) is 3.89. The van der Waals surface area contributed by atoms with Crippen LogP contribution in [-0.2, 0) is 9.59 Å². The first-order valence-electron chi connectivity index (χ1n) is 12.1. The van der Waals surface area contributed by atoms with Gasteiger partial charge in [0.05, 0.1) is 4.91 Å². The molecule has 1 fully saturated rings. The molecular weight excluding hydrogens is 458 g/mol. The molecule has 7 heteroatoms. The van der Waals surface area contributed by atoms with Crippen LogP contribution in [0.5, 0.6) is 0 Å². The Morgan fingerprint density at radius 3 is 2.57 bits per heavy atom. The molecule has 1 atom stereocenters. The highest BCUT2D eigenvalue weighted by Gasteiger charge is 2.37. The summed E-state index contributed by atoms with van der Waals surface area (Å²) in [5, 5.41) is 2.32. The van der Waals surface area contributed by atoms with Crippen LogP contribution < -0.4 is 10.2 Å². The summed E-state index contributed by atoms with van der Waals surface area (Å²) in [5.41, 5.74) is 5.20. The van der Waals surface area contributed by atoms with Gasteiger partial charge in [0.1, 0.15) is 6.54 Å². The first-order valence-corrected chi connectivity index (χ1v) is 12.9. The fourth-order valence-electron chi connectivity index (χ4n) is 5.01. The molecule has 3 amide bonds. The Bertz CT molecular complexity index is 1190. The zero-order chi connectivity index (χ0) is 25.3. The van der Waals surface area contributed by atoms with Crippen molar-refractivity contribution in [1.82, 2.24) is 4.90 Å². The average molecular weight is 492 g/mol. The SMILES string of the molecule is CCCN1c2ccc(/C=C3/SC(=O)N(CC(=O)Nc4ccc(C)cc4)C3=O)cc2C(C)CC1(C)C. The van der Waals surface area contributed by atoms with Gasteiger partial charge in [-0.25, -0.2) is 0 Å². The van der Waals surface area contributed by atoms with Gasteiger partial charge in [0.2, 0.25) is 5.91 Å². The summed E-state index contributed by atoms with van der Waals surface area (Å²) in [6, 6.07) is 13.6. The lowest BCUT2D eigenvalue weighted by Crippen LogP contribution is -2.48. The zero-order valence-electron chi connectivity index (χ0n) is 21.1. The van der Waals surface area contributed by atoms with Gasteiger partial charge in [0, 0.05) is 23.5 Å². The van der Waals surface area contributed by atoms with E-state index in [4.69, 9.17) is 0 Å². The van der Waals surface area contributed by atoms with Crippen LogP contribution in [0, 0.1) is 6.92 Å². The first kappa shape index (κ1) is 25.0. The summed E-state index contributed by atoms with van der Waals surface area (Å²) in [4.78, 5) is 41.8. The Morgan fingerprint density at radius 1 is 1.17 bits per heavy atom. The molecule has 1 unspecified atom stereocenters. The van der Waals surface area contributed by atoms with E-state index in [-0.39, 0.29) is 12.1 Å². The van der Waals surface area contributed by atoms with Gasteiger partial charge in [0.25, 0.3) is 11.1 Å². The summed E-state index contributed by atoms with van der Waals surface area (Å²) < 4.78 is 0. The second-order valence-electron chi connectivity index (χ2n) is 10.1. The Morgan fingerprint density at radius 2 is 1.89 bits per heavy atom. The molecule has 35 heavy (non-hydrogen) atoms. The molecular formula is C28H33N3O3S. The molecule has 2 aromatic rings. The van der Waals surface area contributed by atoms with E-state index in [1.165, 1.54) is 11.3 Å². The van der Waals surface area contributed by atoms with E-state index in [1.54, 1.807) is 18.2 Å². The molecule has 2 aliphatic rings. The number of hydrogen-bond donors (Lipinski definition) is 1. The number of carbonyl (C=O) groups is 3. The zero-order valence-corrected chi connectivity index (χ0v) is 21.9. The van der Waals surface area contributed by atoms with Crippen LogP contribution in [0.1, 0.15) is 63.1 Å². The standard InChI is InChI=1S/C28H33N3O3S/c1-6-13-31-23-12-9-20(14-22(23)19(3)16-28(31,4)5)15-24-26(33)30(27(34)35-24)17-25(32)29-21-10-7-18(2)8-11-21/h7-12,14-15,19H,6,13,16-17H2,1-5H3,(H,29,32)/b24-15+. The van der Waals surface area contributed by atoms with Crippen LogP contribution in [0.4, 0.5) is 16.2 Å². The highest BCUT2D eigenvalue weighted by molar-refractivity contribution is 8.18. The number of imide groups is 1. The van der Waals surface area contributed by atoms with Crippen LogP contribution in [0.25, 0.3) is 6.08 Å². The Balaban J connectivity index is 1.51. The summed E-state index contributed by atoms with van der Waals surface area (Å²) >= 11 is 0.882. The van der Waals surface area contributed by atoms with Gasteiger partial charge < -0.3 is 10.2 Å². The van der Waals surface area contributed by atoms with Crippen molar-refractivity contribution in [2.24, 2.45) is 0 Å². The average Bonchev–Trinajstić information content (AvgIpc) is 3.05. The maximum absolute atomic E-state index is 13.0. The molecule has 0 radical (unpaired) electrons. The van der Waals surface area contributed by atoms with E-state index in [0.29, 0.717) is 16.5 Å². The first-order chi connectivity index (χ1) is 16.6. The van der Waals surface area contributed by atoms with Gasteiger partial charge in [-0.05, 0) is 92.8 Å². The minimum absolute atomic E-state index is 0.0890. The molecule has 0 saturated carbocycles. The summed E-state index contributed by atoms with van der Waals surface area (Å²) in [6.45, 7) is 11.7. The number of nitrogens with zero attached hydrogens (tertiary/aromatic N) is 2. The van der Waals surface area contributed by atoms with Gasteiger partial charge in [-0.1, -0.05) is 37.6 Å². The lowest BCUT2D eigenvalue weighted by Gasteiger charge is -2.47. The van der Waals surface area contributed by atoms with Crippen LogP contribution >= 0.6 is 11.8 Å². The third-order valence-corrected chi connectivity index (χ3v) is 7.57. The van der Waals surface area contributed by atoms with Crippen LogP contribution in [0.3, 0.4) is 0 Å². The molecule has 2 aliphatic heterocycles. The number of hydrogen-bond acceptors (Lipinski definition) is 5. The van der Waals surface area contributed by atoms with E-state index in [9.17, 15) is 14.4 Å². The molecule has 0 aliphatic carbocycles. The molecule has 6 nitrogen and oxygen atoms in total. The normalized spacial score (nSPS) is 20.4. The maximum Gasteiger partial charge on any atom is 0.294 e. The molecule has 1 saturated heterocycles. The van der Waals surface area contributed by atoms with Gasteiger partial charge in [-0.15, -0.1) is 0 Å². The predicted molar refractivity (Wildman–Crippen MR) is 144 cm³/mol. The maximum atomic E-state index is 13.0. The molecule has 2 aromatic carbocycles. The van der Waals surface area contributed by atoms with E-state index >= 15 is 0 Å². The molecule has 0 aromatic heterocycles. The topological polar surface area (TPSA) is 69.7 Å². The number of thioether (sulfide) groups is 1. The highest BCUT2D eigenvalue weighted by atomic mass is 32.2. The van der Waals surface area contributed by atoms with Crippen LogP contribution in [-0.4, -0.2) is 40.6 Å². The largest absolute Gasteiger partial charge is 0.366 e. The van der Waals surface area contributed by atoms with Crippen molar-refractivity contribution in [3.05, 3.63) is 64.1 Å². The highest BCUT2D eigenvalue weighted by Crippen LogP contribution is 2.44. The molecule has 184 valence electrons. The number of aryl methyl sites for hydroxylation is 1. The van der Waals surface area contributed by atoms with E-state index in [2.05, 4.69) is 50.0 Å². The van der Waals surface area contributed by atoms with Gasteiger partial charge >= 0.3 is 0 Å². The number of rotatable bonds is 6. The van der Waals surface area contributed by atoms with Gasteiger partial charge in [-0.2, -0.15) is 0 Å². The smallest absolute Gasteiger partial charge is 0.294 e. The second-order valence-corrected chi connectivity index (χ2v) is 11.1. The van der Waals surface area contributed by atoms with Crippen molar-refractivity contribution < 1.29 is 14.4 Å². The number of nitrogens with one attached hydrogen (secondary N) is 1. The Labute approximate surface area is 211 Å². The van der Waals surface area contributed by atoms with Crippen molar-refractivity contribution in [3.63, 3.8) is 0 Å². The molecule has 0 spiro atoms. The van der Waals surface area contributed by atoms with E-state index < -0.39 is 17.1 Å². The van der Waals surface area contributed by atoms with E-state index in [0.717, 1.165) is 47.2 Å². The number of carbonyl (C=O) groups excluding carboxylic acids is 3. The van der Waals surface area contributed by atoms with Crippen LogP contribution in [0.15, 0.2) is 47.4 Å². The fraction of sp³-hybridized carbons (Fsp3) is 0.393. The molecule has 1 N–H and O–H groups in total. The summed E-state index contributed by atoms with van der Waals surface area (Å²) in [7, 11) is 0. The Kier molecular flexibility index (Phi) is 7.08. The Hall–Kier alpha value is -3.06. The quantitative estimate of drug-likeness (QED) is 0.489.